The summed E-state index contributed by atoms with van der Waals surface area (Å²) >= 11 is 1.54. The molecule has 3 heterocycles. The number of hydrogen-bond acceptors (Lipinski definition) is 6. The van der Waals surface area contributed by atoms with Crippen LogP contribution in [0.25, 0.3) is 11.1 Å². The number of nitrogens with zero attached hydrogens (tertiary/aromatic N) is 3. The average Bonchev–Trinajstić information content (AvgIpc) is 3.39. The first kappa shape index (κ1) is 17.7. The smallest absolute Gasteiger partial charge is 0.408 e. The highest BCUT2D eigenvalue weighted by molar-refractivity contribution is 7.89. The Morgan fingerprint density at radius 2 is 2.15 bits per heavy atom. The monoisotopic (exact) mass is 404 g/mol. The Bertz CT molecular complexity index is 1190. The molecule has 0 aliphatic rings. The van der Waals surface area contributed by atoms with E-state index in [9.17, 15) is 13.2 Å². The molecular weight excluding hydrogens is 388 g/mol. The molecule has 27 heavy (non-hydrogen) atoms. The predicted octanol–water partition coefficient (Wildman–Crippen LogP) is 1.96. The first-order chi connectivity index (χ1) is 13.0. The van der Waals surface area contributed by atoms with Crippen LogP contribution in [0.1, 0.15) is 10.9 Å². The van der Waals surface area contributed by atoms with Crippen LogP contribution in [0.5, 0.6) is 0 Å². The van der Waals surface area contributed by atoms with E-state index in [1.54, 1.807) is 23.1 Å². The lowest BCUT2D eigenvalue weighted by Crippen LogP contribution is -2.31. The lowest BCUT2D eigenvalue weighted by Gasteiger charge is -2.17. The standard InChI is InChI=1S/C17H16N4O4S2/c1-20-13-10-12(5-6-15(13)25-17(20)22)27(23,24)19-11-14(16-4-2-9-26-16)21-8-3-7-18-21/h2-10,14,19H,11H2,1H3. The summed E-state index contributed by atoms with van der Waals surface area (Å²) in [6.07, 6.45) is 3.45. The van der Waals surface area contributed by atoms with Crippen LogP contribution in [0, 0.1) is 0 Å². The number of hydrogen-bond donors (Lipinski definition) is 1. The molecule has 8 nitrogen and oxygen atoms in total. The number of aryl methyl sites for hydroxylation is 1. The molecule has 10 heteroatoms. The summed E-state index contributed by atoms with van der Waals surface area (Å²) in [5, 5.41) is 6.18. The minimum absolute atomic E-state index is 0.0665. The molecule has 140 valence electrons. The van der Waals surface area contributed by atoms with Crippen molar-refractivity contribution in [3.05, 3.63) is 69.6 Å². The van der Waals surface area contributed by atoms with E-state index in [2.05, 4.69) is 9.82 Å². The minimum Gasteiger partial charge on any atom is -0.408 e. The Morgan fingerprint density at radius 1 is 1.30 bits per heavy atom. The Hall–Kier alpha value is -2.69. The van der Waals surface area contributed by atoms with Crippen molar-refractivity contribution in [3.8, 4) is 0 Å². The Balaban J connectivity index is 1.63. The number of rotatable bonds is 6. The molecule has 1 aromatic carbocycles. The van der Waals surface area contributed by atoms with Gasteiger partial charge in [0.25, 0.3) is 0 Å². The maximum absolute atomic E-state index is 12.8. The zero-order chi connectivity index (χ0) is 19.0. The van der Waals surface area contributed by atoms with Gasteiger partial charge in [-0.2, -0.15) is 5.10 Å². The molecule has 0 radical (unpaired) electrons. The summed E-state index contributed by atoms with van der Waals surface area (Å²) in [6.45, 7) is 0.146. The van der Waals surface area contributed by atoms with Gasteiger partial charge in [-0.15, -0.1) is 11.3 Å². The summed E-state index contributed by atoms with van der Waals surface area (Å²) in [6, 6.07) is 9.73. The van der Waals surface area contributed by atoms with Gasteiger partial charge in [0.2, 0.25) is 10.0 Å². The van der Waals surface area contributed by atoms with Gasteiger partial charge < -0.3 is 4.42 Å². The first-order valence-electron chi connectivity index (χ1n) is 8.07. The van der Waals surface area contributed by atoms with Crippen LogP contribution in [0.4, 0.5) is 0 Å². The summed E-state index contributed by atoms with van der Waals surface area (Å²) in [7, 11) is -2.25. The van der Waals surface area contributed by atoms with Crippen molar-refractivity contribution in [1.82, 2.24) is 19.1 Å². The molecule has 0 aliphatic carbocycles. The van der Waals surface area contributed by atoms with E-state index >= 15 is 0 Å². The molecule has 0 amide bonds. The summed E-state index contributed by atoms with van der Waals surface area (Å²) in [5.41, 5.74) is 0.763. The molecule has 0 saturated carbocycles. The molecule has 1 atom stereocenters. The van der Waals surface area contributed by atoms with E-state index in [0.717, 1.165) is 4.88 Å². The van der Waals surface area contributed by atoms with Crippen molar-refractivity contribution in [1.29, 1.82) is 0 Å². The lowest BCUT2D eigenvalue weighted by atomic mass is 10.2. The number of thiophene rings is 1. The number of aromatic nitrogens is 3. The summed E-state index contributed by atoms with van der Waals surface area (Å²) in [5.74, 6) is -0.538. The van der Waals surface area contributed by atoms with Crippen LogP contribution in [-0.4, -0.2) is 29.3 Å². The fourth-order valence-electron chi connectivity index (χ4n) is 2.82. The number of fused-ring (bicyclic) bond motifs is 1. The third-order valence-corrected chi connectivity index (χ3v) is 6.65. The van der Waals surface area contributed by atoms with E-state index < -0.39 is 15.8 Å². The average molecular weight is 404 g/mol. The molecule has 1 N–H and O–H groups in total. The maximum Gasteiger partial charge on any atom is 0.419 e. The second-order valence-electron chi connectivity index (χ2n) is 5.93. The van der Waals surface area contributed by atoms with Gasteiger partial charge in [0.15, 0.2) is 5.58 Å². The summed E-state index contributed by atoms with van der Waals surface area (Å²) < 4.78 is 36.2. The molecule has 0 bridgehead atoms. The maximum atomic E-state index is 12.8. The van der Waals surface area contributed by atoms with Crippen LogP contribution in [0.3, 0.4) is 0 Å². The number of nitrogens with one attached hydrogen (secondary N) is 1. The third-order valence-electron chi connectivity index (χ3n) is 4.26. The van der Waals surface area contributed by atoms with Gasteiger partial charge >= 0.3 is 5.76 Å². The van der Waals surface area contributed by atoms with Crippen LogP contribution in [0.2, 0.25) is 0 Å². The molecule has 4 rings (SSSR count). The van der Waals surface area contributed by atoms with Crippen LogP contribution in [0.15, 0.2) is 68.3 Å². The number of oxazole rings is 1. The van der Waals surface area contributed by atoms with Gasteiger partial charge in [-0.25, -0.2) is 17.9 Å². The van der Waals surface area contributed by atoms with Crippen LogP contribution >= 0.6 is 11.3 Å². The molecule has 4 aromatic rings. The van der Waals surface area contributed by atoms with Crippen LogP contribution < -0.4 is 10.5 Å². The SMILES string of the molecule is Cn1c(=O)oc2ccc(S(=O)(=O)NCC(c3cccs3)n3cccn3)cc21. The Labute approximate surface area is 158 Å². The molecular formula is C17H16N4O4S2. The van der Waals surface area contributed by atoms with Crippen molar-refractivity contribution in [2.45, 2.75) is 10.9 Å². The van der Waals surface area contributed by atoms with Gasteiger partial charge in [0.05, 0.1) is 16.5 Å². The number of benzene rings is 1. The predicted molar refractivity (Wildman–Crippen MR) is 101 cm³/mol. The van der Waals surface area contributed by atoms with Gasteiger partial charge in [0, 0.05) is 30.9 Å². The normalized spacial score (nSPS) is 13.2. The van der Waals surface area contributed by atoms with Crippen molar-refractivity contribution >= 4 is 32.5 Å². The Kier molecular flexibility index (Phi) is 4.46. The first-order valence-corrected chi connectivity index (χ1v) is 10.4. The van der Waals surface area contributed by atoms with E-state index in [1.165, 1.54) is 41.2 Å². The zero-order valence-electron chi connectivity index (χ0n) is 14.3. The quantitative estimate of drug-likeness (QED) is 0.530. The molecule has 1 unspecified atom stereocenters. The van der Waals surface area contributed by atoms with Gasteiger partial charge in [-0.1, -0.05) is 6.07 Å². The third kappa shape index (κ3) is 3.34. The second-order valence-corrected chi connectivity index (χ2v) is 8.67. The minimum atomic E-state index is -3.78. The molecule has 0 saturated heterocycles. The van der Waals surface area contributed by atoms with Crippen LogP contribution in [-0.2, 0) is 17.1 Å². The second kappa shape index (κ2) is 6.80. The molecule has 0 fully saturated rings. The molecule has 0 aliphatic heterocycles. The highest BCUT2D eigenvalue weighted by atomic mass is 32.2. The largest absolute Gasteiger partial charge is 0.419 e. The van der Waals surface area contributed by atoms with E-state index in [0.29, 0.717) is 11.1 Å². The highest BCUT2D eigenvalue weighted by Gasteiger charge is 2.21. The van der Waals surface area contributed by atoms with Gasteiger partial charge in [-0.3, -0.25) is 9.25 Å². The van der Waals surface area contributed by atoms with Crippen molar-refractivity contribution in [2.24, 2.45) is 7.05 Å². The number of sulfonamides is 1. The lowest BCUT2D eigenvalue weighted by molar-refractivity contribution is 0.511. The van der Waals surface area contributed by atoms with E-state index in [4.69, 9.17) is 4.42 Å². The molecule has 0 spiro atoms. The zero-order valence-corrected chi connectivity index (χ0v) is 15.9. The van der Waals surface area contributed by atoms with E-state index in [-0.39, 0.29) is 17.5 Å². The van der Waals surface area contributed by atoms with Crippen molar-refractivity contribution in [3.63, 3.8) is 0 Å². The molecule has 3 aromatic heterocycles. The fourth-order valence-corrected chi connectivity index (χ4v) is 4.69. The van der Waals surface area contributed by atoms with Gasteiger partial charge in [0.1, 0.15) is 0 Å². The van der Waals surface area contributed by atoms with Crippen molar-refractivity contribution in [2.75, 3.05) is 6.54 Å². The van der Waals surface area contributed by atoms with E-state index in [1.807, 2.05) is 17.5 Å². The Morgan fingerprint density at radius 3 is 2.85 bits per heavy atom. The summed E-state index contributed by atoms with van der Waals surface area (Å²) in [4.78, 5) is 12.7. The van der Waals surface area contributed by atoms with Gasteiger partial charge in [-0.05, 0) is 35.7 Å². The fraction of sp³-hybridized carbons (Fsp3) is 0.176. The topological polar surface area (TPSA) is 99.1 Å². The highest BCUT2D eigenvalue weighted by Crippen LogP contribution is 2.23. The van der Waals surface area contributed by atoms with Crippen molar-refractivity contribution < 1.29 is 12.8 Å².